The molecule has 0 fully saturated rings. The fourth-order valence-corrected chi connectivity index (χ4v) is 2.20. The summed E-state index contributed by atoms with van der Waals surface area (Å²) in [6.07, 6.45) is 2.41. The third kappa shape index (κ3) is 4.16. The van der Waals surface area contributed by atoms with Gasteiger partial charge in [0.15, 0.2) is 0 Å². The molecule has 0 radical (unpaired) electrons. The average Bonchev–Trinajstić information content (AvgIpc) is 2.51. The van der Waals surface area contributed by atoms with Crippen LogP contribution in [0.1, 0.15) is 16.7 Å². The van der Waals surface area contributed by atoms with Gasteiger partial charge in [-0.25, -0.2) is 9.97 Å². The van der Waals surface area contributed by atoms with Gasteiger partial charge in [0.1, 0.15) is 6.33 Å². The number of rotatable bonds is 7. The van der Waals surface area contributed by atoms with E-state index in [4.69, 9.17) is 9.47 Å². The van der Waals surface area contributed by atoms with Crippen LogP contribution in [-0.4, -0.2) is 30.7 Å². The second kappa shape index (κ2) is 7.59. The number of ether oxygens (including phenoxy) is 2. The van der Waals surface area contributed by atoms with Crippen LogP contribution in [-0.2, 0) is 13.0 Å². The highest BCUT2D eigenvalue weighted by Crippen LogP contribution is 2.22. The lowest BCUT2D eigenvalue weighted by Gasteiger charge is -2.11. The summed E-state index contributed by atoms with van der Waals surface area (Å²) in [5, 5.41) is 3.38. The smallest absolute Gasteiger partial charge is 0.224 e. The lowest BCUT2D eigenvalue weighted by atomic mass is 10.1. The van der Waals surface area contributed by atoms with Crippen molar-refractivity contribution in [1.82, 2.24) is 15.3 Å². The maximum atomic E-state index is 5.25. The van der Waals surface area contributed by atoms with Crippen LogP contribution in [0.25, 0.3) is 0 Å². The van der Waals surface area contributed by atoms with Crippen LogP contribution in [0, 0.1) is 6.92 Å². The van der Waals surface area contributed by atoms with E-state index < -0.39 is 0 Å². The summed E-state index contributed by atoms with van der Waals surface area (Å²) in [4.78, 5) is 8.20. The number of aryl methyl sites for hydroxylation is 1. The summed E-state index contributed by atoms with van der Waals surface area (Å²) >= 11 is 0. The predicted molar refractivity (Wildman–Crippen MR) is 81.7 cm³/mol. The van der Waals surface area contributed by atoms with Gasteiger partial charge >= 0.3 is 0 Å². The molecule has 2 rings (SSSR count). The van der Waals surface area contributed by atoms with Gasteiger partial charge in [-0.15, -0.1) is 0 Å². The van der Waals surface area contributed by atoms with Crippen molar-refractivity contribution in [3.8, 4) is 11.8 Å². The number of aromatic nitrogens is 2. The molecule has 0 aliphatic carbocycles. The van der Waals surface area contributed by atoms with Gasteiger partial charge in [0.2, 0.25) is 11.8 Å². The molecule has 1 N–H and O–H groups in total. The van der Waals surface area contributed by atoms with Crippen LogP contribution in [0.3, 0.4) is 0 Å². The van der Waals surface area contributed by atoms with Gasteiger partial charge in [-0.2, -0.15) is 0 Å². The van der Waals surface area contributed by atoms with E-state index in [2.05, 4.69) is 46.5 Å². The molecule has 0 unspecified atom stereocenters. The van der Waals surface area contributed by atoms with Crippen molar-refractivity contribution in [1.29, 1.82) is 0 Å². The lowest BCUT2D eigenvalue weighted by Crippen LogP contribution is -2.18. The molecule has 5 heteroatoms. The van der Waals surface area contributed by atoms with Crippen molar-refractivity contribution in [2.24, 2.45) is 0 Å². The van der Waals surface area contributed by atoms with Crippen molar-refractivity contribution in [3.05, 3.63) is 47.3 Å². The summed E-state index contributed by atoms with van der Waals surface area (Å²) in [5.41, 5.74) is 3.45. The summed E-state index contributed by atoms with van der Waals surface area (Å²) in [5.74, 6) is 1.09. The SMILES string of the molecule is COc1ncnc(OC)c1CNCCc1cccc(C)c1. The summed E-state index contributed by atoms with van der Waals surface area (Å²) in [6, 6.07) is 8.53. The highest BCUT2D eigenvalue weighted by molar-refractivity contribution is 5.34. The van der Waals surface area contributed by atoms with E-state index in [0.29, 0.717) is 18.3 Å². The van der Waals surface area contributed by atoms with Crippen LogP contribution in [0.2, 0.25) is 0 Å². The Balaban J connectivity index is 1.91. The molecule has 1 aromatic heterocycles. The fraction of sp³-hybridized carbons (Fsp3) is 0.375. The number of hydrogen-bond donors (Lipinski definition) is 1. The van der Waals surface area contributed by atoms with Crippen LogP contribution >= 0.6 is 0 Å². The first kappa shape index (κ1) is 15.3. The second-order valence-corrected chi connectivity index (χ2v) is 4.79. The Morgan fingerprint density at radius 2 is 1.81 bits per heavy atom. The quantitative estimate of drug-likeness (QED) is 0.791. The third-order valence-corrected chi connectivity index (χ3v) is 3.23. The number of benzene rings is 1. The molecular weight excluding hydrogens is 266 g/mol. The topological polar surface area (TPSA) is 56.3 Å². The Kier molecular flexibility index (Phi) is 5.51. The second-order valence-electron chi connectivity index (χ2n) is 4.79. The van der Waals surface area contributed by atoms with Crippen LogP contribution < -0.4 is 14.8 Å². The van der Waals surface area contributed by atoms with Crippen LogP contribution in [0.5, 0.6) is 11.8 Å². The van der Waals surface area contributed by atoms with Gasteiger partial charge in [-0.05, 0) is 25.5 Å². The van der Waals surface area contributed by atoms with Crippen molar-refractivity contribution in [2.75, 3.05) is 20.8 Å². The van der Waals surface area contributed by atoms with E-state index in [9.17, 15) is 0 Å². The molecule has 0 atom stereocenters. The summed E-state index contributed by atoms with van der Waals surface area (Å²) < 4.78 is 10.5. The molecule has 0 spiro atoms. The Bertz CT molecular complexity index is 565. The van der Waals surface area contributed by atoms with Crippen molar-refractivity contribution in [3.63, 3.8) is 0 Å². The monoisotopic (exact) mass is 287 g/mol. The molecule has 2 aromatic rings. The van der Waals surface area contributed by atoms with Gasteiger partial charge in [-0.1, -0.05) is 29.8 Å². The minimum absolute atomic E-state index is 0.546. The standard InChI is InChI=1S/C16H21N3O2/c1-12-5-4-6-13(9-12)7-8-17-10-14-15(20-2)18-11-19-16(14)21-3/h4-6,9,11,17H,7-8,10H2,1-3H3. The predicted octanol–water partition coefficient (Wildman–Crippen LogP) is 2.13. The number of nitrogens with one attached hydrogen (secondary N) is 1. The van der Waals surface area contributed by atoms with E-state index in [-0.39, 0.29) is 0 Å². The van der Waals surface area contributed by atoms with E-state index >= 15 is 0 Å². The Morgan fingerprint density at radius 1 is 1.10 bits per heavy atom. The average molecular weight is 287 g/mol. The molecule has 0 saturated heterocycles. The molecule has 0 amide bonds. The van der Waals surface area contributed by atoms with Crippen LogP contribution in [0.15, 0.2) is 30.6 Å². The van der Waals surface area contributed by atoms with E-state index in [1.165, 1.54) is 17.5 Å². The van der Waals surface area contributed by atoms with Gasteiger partial charge in [0.25, 0.3) is 0 Å². The van der Waals surface area contributed by atoms with Gasteiger partial charge in [-0.3, -0.25) is 0 Å². The molecule has 5 nitrogen and oxygen atoms in total. The molecule has 0 saturated carbocycles. The maximum Gasteiger partial charge on any atom is 0.224 e. The van der Waals surface area contributed by atoms with Crippen molar-refractivity contribution < 1.29 is 9.47 Å². The zero-order valence-corrected chi connectivity index (χ0v) is 12.7. The van der Waals surface area contributed by atoms with Crippen molar-refractivity contribution >= 4 is 0 Å². The van der Waals surface area contributed by atoms with Gasteiger partial charge in [0.05, 0.1) is 19.8 Å². The maximum absolute atomic E-state index is 5.25. The van der Waals surface area contributed by atoms with E-state index in [1.54, 1.807) is 14.2 Å². The van der Waals surface area contributed by atoms with Gasteiger partial charge < -0.3 is 14.8 Å². The van der Waals surface area contributed by atoms with Crippen LogP contribution in [0.4, 0.5) is 0 Å². The number of hydrogen-bond acceptors (Lipinski definition) is 5. The minimum atomic E-state index is 0.546. The fourth-order valence-electron chi connectivity index (χ4n) is 2.20. The third-order valence-electron chi connectivity index (χ3n) is 3.23. The van der Waals surface area contributed by atoms with E-state index in [1.807, 2.05) is 0 Å². The van der Waals surface area contributed by atoms with E-state index in [0.717, 1.165) is 18.5 Å². The Hall–Kier alpha value is -2.14. The highest BCUT2D eigenvalue weighted by atomic mass is 16.5. The molecule has 0 bridgehead atoms. The van der Waals surface area contributed by atoms with Crippen molar-refractivity contribution in [2.45, 2.75) is 19.9 Å². The Labute approximate surface area is 125 Å². The first-order valence-corrected chi connectivity index (χ1v) is 6.92. The molecule has 21 heavy (non-hydrogen) atoms. The number of nitrogens with zero attached hydrogens (tertiary/aromatic N) is 2. The molecule has 112 valence electrons. The first-order valence-electron chi connectivity index (χ1n) is 6.92. The zero-order valence-electron chi connectivity index (χ0n) is 12.7. The number of methoxy groups -OCH3 is 2. The molecule has 0 aliphatic heterocycles. The molecule has 0 aliphatic rings. The summed E-state index contributed by atoms with van der Waals surface area (Å²) in [6.45, 7) is 3.58. The largest absolute Gasteiger partial charge is 0.481 e. The minimum Gasteiger partial charge on any atom is -0.481 e. The highest BCUT2D eigenvalue weighted by Gasteiger charge is 2.11. The van der Waals surface area contributed by atoms with Gasteiger partial charge in [0, 0.05) is 6.54 Å². The molecule has 1 heterocycles. The Morgan fingerprint density at radius 3 is 2.43 bits per heavy atom. The molecule has 1 aromatic carbocycles. The lowest BCUT2D eigenvalue weighted by molar-refractivity contribution is 0.359. The first-order chi connectivity index (χ1) is 10.2. The zero-order chi connectivity index (χ0) is 15.1. The summed E-state index contributed by atoms with van der Waals surface area (Å²) in [7, 11) is 3.19. The normalized spacial score (nSPS) is 10.4. The molecular formula is C16H21N3O2.